The molecule has 1 N–H and O–H groups in total. The lowest BCUT2D eigenvalue weighted by molar-refractivity contribution is -0.0909. The normalized spacial score (nSPS) is 22.6. The van der Waals surface area contributed by atoms with Crippen LogP contribution in [0.3, 0.4) is 0 Å². The molecular formula is C21H24N2O2. The molecular weight excluding hydrogens is 312 g/mol. The summed E-state index contributed by atoms with van der Waals surface area (Å²) in [6, 6.07) is 15.7. The standard InChI is InChI=1S/C21H24N2O2/c1-2-21(25)18-11-5-4-10-17(18)20(24)23(21)15-16-9-3-6-12-19(16)22-13-7-8-14-22/h3-6,9-12,25H,2,7-8,13-15H2,1H3. The van der Waals surface area contributed by atoms with Crippen LogP contribution in [0.4, 0.5) is 5.69 Å². The lowest BCUT2D eigenvalue weighted by Gasteiger charge is -2.34. The number of aliphatic hydroxyl groups is 1. The Morgan fingerprint density at radius 1 is 1.04 bits per heavy atom. The number of fused-ring (bicyclic) bond motifs is 1. The van der Waals surface area contributed by atoms with Gasteiger partial charge in [0.2, 0.25) is 0 Å². The van der Waals surface area contributed by atoms with E-state index in [0.717, 1.165) is 24.2 Å². The SMILES string of the molecule is CCC1(O)c2ccccc2C(=O)N1Cc1ccccc1N1CCCC1. The van der Waals surface area contributed by atoms with Crippen LogP contribution in [-0.4, -0.2) is 29.0 Å². The zero-order valence-corrected chi connectivity index (χ0v) is 14.6. The molecule has 4 rings (SSSR count). The van der Waals surface area contributed by atoms with Crippen LogP contribution in [0.2, 0.25) is 0 Å². The van der Waals surface area contributed by atoms with Crippen LogP contribution in [0.1, 0.15) is 47.7 Å². The molecule has 1 atom stereocenters. The van der Waals surface area contributed by atoms with Gasteiger partial charge < -0.3 is 14.9 Å². The van der Waals surface area contributed by atoms with Crippen LogP contribution in [0.5, 0.6) is 0 Å². The number of carbonyl (C=O) groups is 1. The molecule has 2 aliphatic heterocycles. The summed E-state index contributed by atoms with van der Waals surface area (Å²) in [7, 11) is 0. The van der Waals surface area contributed by atoms with Gasteiger partial charge in [0.1, 0.15) is 0 Å². The zero-order chi connectivity index (χ0) is 17.4. The second-order valence-electron chi connectivity index (χ2n) is 6.93. The third-order valence-corrected chi connectivity index (χ3v) is 5.54. The molecule has 2 heterocycles. The Kier molecular flexibility index (Phi) is 4.00. The number of benzene rings is 2. The van der Waals surface area contributed by atoms with Crippen LogP contribution in [0.25, 0.3) is 0 Å². The second-order valence-corrected chi connectivity index (χ2v) is 6.93. The number of nitrogens with zero attached hydrogens (tertiary/aromatic N) is 2. The van der Waals surface area contributed by atoms with E-state index in [1.165, 1.54) is 18.5 Å². The first-order chi connectivity index (χ1) is 12.1. The minimum absolute atomic E-state index is 0.0869. The molecule has 4 heteroatoms. The van der Waals surface area contributed by atoms with Crippen LogP contribution < -0.4 is 4.90 Å². The fraction of sp³-hybridized carbons (Fsp3) is 0.381. The van der Waals surface area contributed by atoms with Crippen LogP contribution >= 0.6 is 0 Å². The molecule has 0 saturated carbocycles. The first-order valence-electron chi connectivity index (χ1n) is 9.12. The van der Waals surface area contributed by atoms with E-state index < -0.39 is 5.72 Å². The van der Waals surface area contributed by atoms with E-state index in [-0.39, 0.29) is 5.91 Å². The van der Waals surface area contributed by atoms with Crippen LogP contribution in [-0.2, 0) is 12.3 Å². The average molecular weight is 336 g/mol. The predicted molar refractivity (Wildman–Crippen MR) is 98.4 cm³/mol. The van der Waals surface area contributed by atoms with E-state index in [4.69, 9.17) is 0 Å². The van der Waals surface area contributed by atoms with Gasteiger partial charge in [-0.15, -0.1) is 0 Å². The van der Waals surface area contributed by atoms with Gasteiger partial charge >= 0.3 is 0 Å². The summed E-state index contributed by atoms with van der Waals surface area (Å²) < 4.78 is 0. The summed E-state index contributed by atoms with van der Waals surface area (Å²) in [5, 5.41) is 11.3. The van der Waals surface area contributed by atoms with Gasteiger partial charge in [0.25, 0.3) is 5.91 Å². The molecule has 130 valence electrons. The molecule has 1 fully saturated rings. The lowest BCUT2D eigenvalue weighted by Crippen LogP contribution is -2.43. The molecule has 4 nitrogen and oxygen atoms in total. The minimum atomic E-state index is -1.23. The third kappa shape index (κ3) is 2.52. The number of rotatable bonds is 4. The van der Waals surface area contributed by atoms with Crippen molar-refractivity contribution in [3.8, 4) is 0 Å². The average Bonchev–Trinajstić information content (AvgIpc) is 3.25. The Labute approximate surface area is 148 Å². The Morgan fingerprint density at radius 2 is 1.72 bits per heavy atom. The highest BCUT2D eigenvalue weighted by Gasteiger charge is 2.47. The van der Waals surface area contributed by atoms with Crippen molar-refractivity contribution < 1.29 is 9.90 Å². The molecule has 1 saturated heterocycles. The van der Waals surface area contributed by atoms with Gasteiger partial charge in [-0.3, -0.25) is 4.79 Å². The first kappa shape index (κ1) is 16.2. The maximum Gasteiger partial charge on any atom is 0.257 e. The zero-order valence-electron chi connectivity index (χ0n) is 14.6. The number of hydrogen-bond acceptors (Lipinski definition) is 3. The lowest BCUT2D eigenvalue weighted by atomic mass is 9.99. The molecule has 0 radical (unpaired) electrons. The molecule has 0 aromatic heterocycles. The molecule has 0 aliphatic carbocycles. The summed E-state index contributed by atoms with van der Waals surface area (Å²) in [5.41, 5.74) is 2.39. The van der Waals surface area contributed by atoms with Gasteiger partial charge in [-0.05, 0) is 37.0 Å². The van der Waals surface area contributed by atoms with Gasteiger partial charge in [0, 0.05) is 29.9 Å². The largest absolute Gasteiger partial charge is 0.371 e. The summed E-state index contributed by atoms with van der Waals surface area (Å²) in [4.78, 5) is 17.0. The van der Waals surface area contributed by atoms with Crippen molar-refractivity contribution in [2.45, 2.75) is 38.5 Å². The fourth-order valence-electron chi connectivity index (χ4n) is 4.14. The topological polar surface area (TPSA) is 43.8 Å². The number of carbonyl (C=O) groups excluding carboxylic acids is 1. The van der Waals surface area contributed by atoms with Crippen LogP contribution in [0, 0.1) is 0 Å². The number of para-hydroxylation sites is 1. The van der Waals surface area contributed by atoms with Gasteiger partial charge in [0.15, 0.2) is 5.72 Å². The highest BCUT2D eigenvalue weighted by Crippen LogP contribution is 2.41. The number of amides is 1. The fourth-order valence-corrected chi connectivity index (χ4v) is 4.14. The molecule has 25 heavy (non-hydrogen) atoms. The Morgan fingerprint density at radius 3 is 2.48 bits per heavy atom. The Bertz CT molecular complexity index is 798. The molecule has 2 aliphatic rings. The quantitative estimate of drug-likeness (QED) is 0.929. The smallest absolute Gasteiger partial charge is 0.257 e. The van der Waals surface area contributed by atoms with E-state index >= 15 is 0 Å². The second kappa shape index (κ2) is 6.19. The van der Waals surface area contributed by atoms with Crippen molar-refractivity contribution in [3.63, 3.8) is 0 Å². The van der Waals surface area contributed by atoms with E-state index in [1.54, 1.807) is 4.90 Å². The van der Waals surface area contributed by atoms with Crippen molar-refractivity contribution >= 4 is 11.6 Å². The molecule has 0 bridgehead atoms. The van der Waals surface area contributed by atoms with Gasteiger partial charge in [-0.2, -0.15) is 0 Å². The molecule has 1 amide bonds. The van der Waals surface area contributed by atoms with Crippen molar-refractivity contribution in [1.29, 1.82) is 0 Å². The Balaban J connectivity index is 1.71. The highest BCUT2D eigenvalue weighted by molar-refractivity contribution is 5.99. The van der Waals surface area contributed by atoms with Crippen molar-refractivity contribution in [3.05, 3.63) is 65.2 Å². The van der Waals surface area contributed by atoms with E-state index in [2.05, 4.69) is 17.0 Å². The minimum Gasteiger partial charge on any atom is -0.371 e. The van der Waals surface area contributed by atoms with Gasteiger partial charge in [0.05, 0.1) is 6.54 Å². The molecule has 1 unspecified atom stereocenters. The summed E-state index contributed by atoms with van der Waals surface area (Å²) in [6.07, 6.45) is 2.89. The van der Waals surface area contributed by atoms with E-state index in [9.17, 15) is 9.90 Å². The van der Waals surface area contributed by atoms with Crippen molar-refractivity contribution in [1.82, 2.24) is 4.90 Å². The van der Waals surface area contributed by atoms with E-state index in [0.29, 0.717) is 18.5 Å². The van der Waals surface area contributed by atoms with Gasteiger partial charge in [-0.1, -0.05) is 43.3 Å². The first-order valence-corrected chi connectivity index (χ1v) is 9.12. The van der Waals surface area contributed by atoms with Crippen molar-refractivity contribution in [2.75, 3.05) is 18.0 Å². The van der Waals surface area contributed by atoms with Crippen molar-refractivity contribution in [2.24, 2.45) is 0 Å². The maximum absolute atomic E-state index is 13.0. The number of anilines is 1. The summed E-state index contributed by atoms with van der Waals surface area (Å²) in [5.74, 6) is -0.0869. The maximum atomic E-state index is 13.0. The molecule has 0 spiro atoms. The highest BCUT2D eigenvalue weighted by atomic mass is 16.3. The van der Waals surface area contributed by atoms with E-state index in [1.807, 2.05) is 43.3 Å². The molecule has 2 aromatic rings. The predicted octanol–water partition coefficient (Wildman–Crippen LogP) is 3.50. The van der Waals surface area contributed by atoms with Crippen LogP contribution in [0.15, 0.2) is 48.5 Å². The Hall–Kier alpha value is -2.33. The van der Waals surface area contributed by atoms with Gasteiger partial charge in [-0.25, -0.2) is 0 Å². The number of hydrogen-bond donors (Lipinski definition) is 1. The summed E-state index contributed by atoms with van der Waals surface area (Å²) in [6.45, 7) is 4.46. The third-order valence-electron chi connectivity index (χ3n) is 5.54. The monoisotopic (exact) mass is 336 g/mol. The molecule has 2 aromatic carbocycles. The summed E-state index contributed by atoms with van der Waals surface area (Å²) >= 11 is 0.